The van der Waals surface area contributed by atoms with Gasteiger partial charge in [-0.05, 0) is 50.6 Å². The molecule has 1 N–H and O–H groups in total. The summed E-state index contributed by atoms with van der Waals surface area (Å²) in [5.74, 6) is 0. The van der Waals surface area contributed by atoms with Crippen LogP contribution < -0.4 is 10.2 Å². The molecule has 0 aliphatic heterocycles. The van der Waals surface area contributed by atoms with E-state index in [1.165, 1.54) is 52.7 Å². The molecule has 3 nitrogen and oxygen atoms in total. The molecule has 0 aromatic carbocycles. The van der Waals surface area contributed by atoms with Crippen LogP contribution in [-0.2, 0) is 13.0 Å². The number of thiazole rings is 1. The zero-order valence-electron chi connectivity index (χ0n) is 12.3. The third-order valence-electron chi connectivity index (χ3n) is 4.43. The first-order valence-electron chi connectivity index (χ1n) is 7.81. The SMILES string of the molecule is CNC1CCCc2sc(N(Cc3cccs3)C3CC3)nc21. The van der Waals surface area contributed by atoms with E-state index in [0.29, 0.717) is 12.1 Å². The molecule has 0 amide bonds. The molecule has 21 heavy (non-hydrogen) atoms. The Kier molecular flexibility index (Phi) is 3.73. The van der Waals surface area contributed by atoms with Crippen molar-refractivity contribution in [1.82, 2.24) is 10.3 Å². The summed E-state index contributed by atoms with van der Waals surface area (Å²) in [6.45, 7) is 1.03. The highest BCUT2D eigenvalue weighted by Crippen LogP contribution is 2.41. The van der Waals surface area contributed by atoms with Crippen molar-refractivity contribution in [3.8, 4) is 0 Å². The molecule has 0 radical (unpaired) electrons. The lowest BCUT2D eigenvalue weighted by Gasteiger charge is -2.21. The minimum Gasteiger partial charge on any atom is -0.340 e. The number of nitrogens with zero attached hydrogens (tertiary/aromatic N) is 2. The van der Waals surface area contributed by atoms with Gasteiger partial charge in [-0.25, -0.2) is 4.98 Å². The molecule has 2 heterocycles. The Labute approximate surface area is 134 Å². The summed E-state index contributed by atoms with van der Waals surface area (Å²) in [5.41, 5.74) is 1.32. The highest BCUT2D eigenvalue weighted by Gasteiger charge is 2.33. The highest BCUT2D eigenvalue weighted by molar-refractivity contribution is 7.15. The van der Waals surface area contributed by atoms with Gasteiger partial charge in [0.15, 0.2) is 5.13 Å². The number of hydrogen-bond donors (Lipinski definition) is 1. The number of aromatic nitrogens is 1. The minimum atomic E-state index is 0.460. The Morgan fingerprint density at radius 3 is 3.00 bits per heavy atom. The van der Waals surface area contributed by atoms with Gasteiger partial charge < -0.3 is 10.2 Å². The Morgan fingerprint density at radius 1 is 1.38 bits per heavy atom. The average Bonchev–Trinajstić information content (AvgIpc) is 3.04. The molecule has 1 saturated carbocycles. The molecule has 1 fully saturated rings. The van der Waals surface area contributed by atoms with Gasteiger partial charge >= 0.3 is 0 Å². The van der Waals surface area contributed by atoms with Crippen LogP contribution in [0.2, 0.25) is 0 Å². The third kappa shape index (κ3) is 2.74. The highest BCUT2D eigenvalue weighted by atomic mass is 32.1. The number of thiophene rings is 1. The van der Waals surface area contributed by atoms with Gasteiger partial charge in [0.1, 0.15) is 0 Å². The van der Waals surface area contributed by atoms with Crippen molar-refractivity contribution in [2.75, 3.05) is 11.9 Å². The van der Waals surface area contributed by atoms with Crippen molar-refractivity contribution >= 4 is 27.8 Å². The molecule has 112 valence electrons. The van der Waals surface area contributed by atoms with Crippen molar-refractivity contribution in [3.05, 3.63) is 33.0 Å². The van der Waals surface area contributed by atoms with Crippen LogP contribution in [0.1, 0.15) is 47.2 Å². The molecule has 0 spiro atoms. The zero-order chi connectivity index (χ0) is 14.2. The standard InChI is InChI=1S/C16H21N3S2/c1-17-13-5-2-6-14-15(13)18-16(21-14)19(11-7-8-11)10-12-4-3-9-20-12/h3-4,9,11,13,17H,2,5-8,10H2,1H3. The lowest BCUT2D eigenvalue weighted by atomic mass is 9.98. The van der Waals surface area contributed by atoms with Gasteiger partial charge in [0.05, 0.1) is 18.3 Å². The van der Waals surface area contributed by atoms with E-state index in [4.69, 9.17) is 4.98 Å². The number of anilines is 1. The Morgan fingerprint density at radius 2 is 2.29 bits per heavy atom. The predicted octanol–water partition coefficient (Wildman–Crippen LogP) is 3.97. The molecule has 2 aliphatic rings. The smallest absolute Gasteiger partial charge is 0.186 e. The van der Waals surface area contributed by atoms with Gasteiger partial charge in [-0.15, -0.1) is 22.7 Å². The van der Waals surface area contributed by atoms with Crippen molar-refractivity contribution < 1.29 is 0 Å². The van der Waals surface area contributed by atoms with E-state index < -0.39 is 0 Å². The normalized spacial score (nSPS) is 21.3. The van der Waals surface area contributed by atoms with Crippen molar-refractivity contribution in [1.29, 1.82) is 0 Å². The summed E-state index contributed by atoms with van der Waals surface area (Å²) in [5, 5.41) is 6.85. The van der Waals surface area contributed by atoms with Gasteiger partial charge in [0.2, 0.25) is 0 Å². The monoisotopic (exact) mass is 319 g/mol. The average molecular weight is 319 g/mol. The topological polar surface area (TPSA) is 28.2 Å². The van der Waals surface area contributed by atoms with E-state index in [1.54, 1.807) is 0 Å². The lowest BCUT2D eigenvalue weighted by Crippen LogP contribution is -2.25. The summed E-state index contributed by atoms with van der Waals surface area (Å²) in [7, 11) is 2.06. The summed E-state index contributed by atoms with van der Waals surface area (Å²) in [6, 6.07) is 5.56. The fourth-order valence-corrected chi connectivity index (χ4v) is 5.06. The van der Waals surface area contributed by atoms with E-state index in [9.17, 15) is 0 Å². The molecule has 2 aromatic heterocycles. The van der Waals surface area contributed by atoms with E-state index in [1.807, 2.05) is 22.7 Å². The lowest BCUT2D eigenvalue weighted by molar-refractivity contribution is 0.489. The van der Waals surface area contributed by atoms with Crippen LogP contribution >= 0.6 is 22.7 Å². The Balaban J connectivity index is 1.62. The van der Waals surface area contributed by atoms with Crippen LogP contribution in [0, 0.1) is 0 Å². The maximum Gasteiger partial charge on any atom is 0.186 e. The Hall–Kier alpha value is -0.910. The number of hydrogen-bond acceptors (Lipinski definition) is 5. The van der Waals surface area contributed by atoms with Gasteiger partial charge in [0, 0.05) is 15.8 Å². The largest absolute Gasteiger partial charge is 0.340 e. The van der Waals surface area contributed by atoms with Gasteiger partial charge in [0.25, 0.3) is 0 Å². The van der Waals surface area contributed by atoms with Crippen LogP contribution in [0.25, 0.3) is 0 Å². The first-order chi connectivity index (χ1) is 10.3. The summed E-state index contributed by atoms with van der Waals surface area (Å²) >= 11 is 3.79. The van der Waals surface area contributed by atoms with Gasteiger partial charge in [-0.3, -0.25) is 0 Å². The van der Waals surface area contributed by atoms with Crippen LogP contribution in [0.5, 0.6) is 0 Å². The minimum absolute atomic E-state index is 0.460. The van der Waals surface area contributed by atoms with Crippen molar-refractivity contribution in [2.45, 2.75) is 50.7 Å². The third-order valence-corrected chi connectivity index (χ3v) is 6.46. The maximum absolute atomic E-state index is 5.03. The van der Waals surface area contributed by atoms with E-state index in [0.717, 1.165) is 6.54 Å². The second-order valence-corrected chi connectivity index (χ2v) is 8.07. The second-order valence-electron chi connectivity index (χ2n) is 5.98. The molecule has 2 aromatic rings. The summed E-state index contributed by atoms with van der Waals surface area (Å²) in [4.78, 5) is 10.5. The Bertz CT molecular complexity index is 601. The zero-order valence-corrected chi connectivity index (χ0v) is 14.0. The molecule has 0 bridgehead atoms. The van der Waals surface area contributed by atoms with Crippen LogP contribution in [0.3, 0.4) is 0 Å². The van der Waals surface area contributed by atoms with Gasteiger partial charge in [-0.1, -0.05) is 6.07 Å². The molecule has 0 saturated heterocycles. The number of fused-ring (bicyclic) bond motifs is 1. The molecule has 5 heteroatoms. The number of aryl methyl sites for hydroxylation is 1. The molecular formula is C16H21N3S2. The molecule has 4 rings (SSSR count). The molecule has 2 aliphatic carbocycles. The van der Waals surface area contributed by atoms with Gasteiger partial charge in [-0.2, -0.15) is 0 Å². The fourth-order valence-electron chi connectivity index (χ4n) is 3.12. The molecule has 1 unspecified atom stereocenters. The van der Waals surface area contributed by atoms with E-state index in [2.05, 4.69) is 34.8 Å². The fraction of sp³-hybridized carbons (Fsp3) is 0.562. The van der Waals surface area contributed by atoms with Crippen LogP contribution in [0.4, 0.5) is 5.13 Å². The van der Waals surface area contributed by atoms with Crippen LogP contribution in [0.15, 0.2) is 17.5 Å². The summed E-state index contributed by atoms with van der Waals surface area (Å²) < 4.78 is 0. The second kappa shape index (κ2) is 5.71. The number of rotatable bonds is 5. The van der Waals surface area contributed by atoms with E-state index >= 15 is 0 Å². The summed E-state index contributed by atoms with van der Waals surface area (Å²) in [6.07, 6.45) is 6.37. The predicted molar refractivity (Wildman–Crippen MR) is 90.4 cm³/mol. The number of nitrogens with one attached hydrogen (secondary N) is 1. The quantitative estimate of drug-likeness (QED) is 0.904. The molecular weight excluding hydrogens is 298 g/mol. The van der Waals surface area contributed by atoms with Crippen molar-refractivity contribution in [3.63, 3.8) is 0 Å². The maximum atomic E-state index is 5.03. The first-order valence-corrected chi connectivity index (χ1v) is 9.50. The van der Waals surface area contributed by atoms with Crippen LogP contribution in [-0.4, -0.2) is 18.1 Å². The van der Waals surface area contributed by atoms with E-state index in [-0.39, 0.29) is 0 Å². The molecule has 1 atom stereocenters. The van der Waals surface area contributed by atoms with Crippen molar-refractivity contribution in [2.24, 2.45) is 0 Å². The first kappa shape index (κ1) is 13.7.